The van der Waals surface area contributed by atoms with Crippen LogP contribution in [0.2, 0.25) is 0 Å². The summed E-state index contributed by atoms with van der Waals surface area (Å²) < 4.78 is 0. The molecule has 5 heteroatoms. The van der Waals surface area contributed by atoms with Gasteiger partial charge in [0.2, 0.25) is 0 Å². The molecule has 1 amide bonds. The first-order chi connectivity index (χ1) is 14.2. The lowest BCUT2D eigenvalue weighted by atomic mass is 9.99. The number of rotatable bonds is 5. The van der Waals surface area contributed by atoms with Crippen LogP contribution in [0.4, 0.5) is 5.82 Å². The highest BCUT2D eigenvalue weighted by atomic mass is 16.2. The Labute approximate surface area is 172 Å². The molecule has 0 radical (unpaired) electrons. The van der Waals surface area contributed by atoms with Crippen LogP contribution in [0.1, 0.15) is 35.3 Å². The molecule has 0 atom stereocenters. The van der Waals surface area contributed by atoms with Gasteiger partial charge in [0.15, 0.2) is 5.82 Å². The van der Waals surface area contributed by atoms with E-state index in [0.29, 0.717) is 24.5 Å². The van der Waals surface area contributed by atoms with Crippen LogP contribution < -0.4 is 4.90 Å². The number of benzene rings is 2. The lowest BCUT2D eigenvalue weighted by Gasteiger charge is -2.32. The molecule has 0 bridgehead atoms. The SMILES string of the molecule is CCN(CC)C(=O)c1cnc(-c2ccccc2)nc1N1CCc2ccccc2C1. The van der Waals surface area contributed by atoms with E-state index in [9.17, 15) is 4.79 Å². The zero-order chi connectivity index (χ0) is 20.2. The van der Waals surface area contributed by atoms with E-state index < -0.39 is 0 Å². The number of nitrogens with zero attached hydrogens (tertiary/aromatic N) is 4. The van der Waals surface area contributed by atoms with Gasteiger partial charge in [-0.05, 0) is 31.4 Å². The van der Waals surface area contributed by atoms with Gasteiger partial charge in [-0.3, -0.25) is 4.79 Å². The normalized spacial score (nSPS) is 13.1. The first kappa shape index (κ1) is 19.1. The lowest BCUT2D eigenvalue weighted by Crippen LogP contribution is -2.36. The molecule has 29 heavy (non-hydrogen) atoms. The minimum Gasteiger partial charge on any atom is -0.351 e. The smallest absolute Gasteiger partial charge is 0.259 e. The van der Waals surface area contributed by atoms with E-state index in [-0.39, 0.29) is 5.91 Å². The summed E-state index contributed by atoms with van der Waals surface area (Å²) in [5.41, 5.74) is 4.19. The maximum Gasteiger partial charge on any atom is 0.259 e. The molecule has 0 spiro atoms. The van der Waals surface area contributed by atoms with Crippen molar-refractivity contribution in [1.29, 1.82) is 0 Å². The van der Waals surface area contributed by atoms with Crippen LogP contribution in [0.15, 0.2) is 60.8 Å². The standard InChI is InChI=1S/C24H26N4O/c1-3-27(4-2)24(29)21-16-25-22(19-11-6-5-7-12-19)26-23(21)28-15-14-18-10-8-9-13-20(18)17-28/h5-13,16H,3-4,14-15,17H2,1-2H3. The first-order valence-electron chi connectivity index (χ1n) is 10.2. The Morgan fingerprint density at radius 1 is 1.00 bits per heavy atom. The maximum atomic E-state index is 13.2. The van der Waals surface area contributed by atoms with Crippen LogP contribution in [0.5, 0.6) is 0 Å². The lowest BCUT2D eigenvalue weighted by molar-refractivity contribution is 0.0772. The largest absolute Gasteiger partial charge is 0.351 e. The zero-order valence-electron chi connectivity index (χ0n) is 17.0. The number of amides is 1. The highest BCUT2D eigenvalue weighted by Gasteiger charge is 2.25. The molecule has 1 aromatic heterocycles. The van der Waals surface area contributed by atoms with Gasteiger partial charge in [0.25, 0.3) is 5.91 Å². The van der Waals surface area contributed by atoms with Crippen LogP contribution >= 0.6 is 0 Å². The van der Waals surface area contributed by atoms with Crippen molar-refractivity contribution >= 4 is 11.7 Å². The maximum absolute atomic E-state index is 13.2. The molecule has 0 N–H and O–H groups in total. The summed E-state index contributed by atoms with van der Waals surface area (Å²) in [5, 5.41) is 0. The minimum atomic E-state index is -0.0107. The molecule has 2 heterocycles. The topological polar surface area (TPSA) is 49.3 Å². The quantitative estimate of drug-likeness (QED) is 0.660. The average molecular weight is 386 g/mol. The average Bonchev–Trinajstić information content (AvgIpc) is 2.79. The van der Waals surface area contributed by atoms with E-state index in [2.05, 4.69) is 34.1 Å². The van der Waals surface area contributed by atoms with Crippen molar-refractivity contribution in [2.75, 3.05) is 24.5 Å². The van der Waals surface area contributed by atoms with E-state index in [4.69, 9.17) is 4.98 Å². The predicted octanol–water partition coefficient (Wildman–Crippen LogP) is 4.19. The Hall–Kier alpha value is -3.21. The molecule has 148 valence electrons. The summed E-state index contributed by atoms with van der Waals surface area (Å²) in [6.45, 7) is 6.91. The highest BCUT2D eigenvalue weighted by Crippen LogP contribution is 2.28. The number of carbonyl (C=O) groups excluding carboxylic acids is 1. The number of hydrogen-bond donors (Lipinski definition) is 0. The number of hydrogen-bond acceptors (Lipinski definition) is 4. The van der Waals surface area contributed by atoms with E-state index in [1.54, 1.807) is 6.20 Å². The predicted molar refractivity (Wildman–Crippen MR) is 116 cm³/mol. The second-order valence-corrected chi connectivity index (χ2v) is 7.21. The van der Waals surface area contributed by atoms with Crippen molar-refractivity contribution in [3.05, 3.63) is 77.5 Å². The van der Waals surface area contributed by atoms with Gasteiger partial charge in [0, 0.05) is 37.9 Å². The third kappa shape index (κ3) is 3.86. The second kappa shape index (κ2) is 8.43. The van der Waals surface area contributed by atoms with E-state index >= 15 is 0 Å². The Balaban J connectivity index is 1.77. The van der Waals surface area contributed by atoms with Gasteiger partial charge in [-0.25, -0.2) is 9.97 Å². The Bertz CT molecular complexity index is 999. The summed E-state index contributed by atoms with van der Waals surface area (Å²) in [6, 6.07) is 18.4. The van der Waals surface area contributed by atoms with Crippen LogP contribution in [0, 0.1) is 0 Å². The third-order valence-corrected chi connectivity index (χ3v) is 5.51. The second-order valence-electron chi connectivity index (χ2n) is 7.21. The van der Waals surface area contributed by atoms with Crippen LogP contribution in [0.25, 0.3) is 11.4 Å². The van der Waals surface area contributed by atoms with E-state index in [0.717, 1.165) is 30.9 Å². The molecule has 0 aliphatic carbocycles. The van der Waals surface area contributed by atoms with Crippen molar-refractivity contribution in [2.45, 2.75) is 26.8 Å². The molecule has 0 unspecified atom stereocenters. The summed E-state index contributed by atoms with van der Waals surface area (Å²) >= 11 is 0. The summed E-state index contributed by atoms with van der Waals surface area (Å²) in [6.07, 6.45) is 2.64. The Morgan fingerprint density at radius 2 is 1.69 bits per heavy atom. The molecule has 1 aliphatic heterocycles. The van der Waals surface area contributed by atoms with Crippen molar-refractivity contribution < 1.29 is 4.79 Å². The molecule has 4 rings (SSSR count). The summed E-state index contributed by atoms with van der Waals surface area (Å²) in [7, 11) is 0. The summed E-state index contributed by atoms with van der Waals surface area (Å²) in [4.78, 5) is 26.6. The Kier molecular flexibility index (Phi) is 5.56. The molecule has 5 nitrogen and oxygen atoms in total. The molecule has 0 saturated carbocycles. The highest BCUT2D eigenvalue weighted by molar-refractivity contribution is 5.99. The van der Waals surface area contributed by atoms with E-state index in [1.165, 1.54) is 11.1 Å². The van der Waals surface area contributed by atoms with Gasteiger partial charge in [0.1, 0.15) is 11.4 Å². The number of fused-ring (bicyclic) bond motifs is 1. The number of aromatic nitrogens is 2. The number of carbonyl (C=O) groups is 1. The van der Waals surface area contributed by atoms with Gasteiger partial charge >= 0.3 is 0 Å². The fourth-order valence-electron chi connectivity index (χ4n) is 3.85. The third-order valence-electron chi connectivity index (χ3n) is 5.51. The zero-order valence-corrected chi connectivity index (χ0v) is 17.0. The van der Waals surface area contributed by atoms with Crippen molar-refractivity contribution in [3.8, 4) is 11.4 Å². The molecule has 2 aromatic carbocycles. The molecule has 3 aromatic rings. The minimum absolute atomic E-state index is 0.0107. The fraction of sp³-hybridized carbons (Fsp3) is 0.292. The molecule has 0 saturated heterocycles. The summed E-state index contributed by atoms with van der Waals surface area (Å²) in [5.74, 6) is 1.37. The van der Waals surface area contributed by atoms with Crippen LogP contribution in [0.3, 0.4) is 0 Å². The van der Waals surface area contributed by atoms with Gasteiger partial charge in [-0.2, -0.15) is 0 Å². The van der Waals surface area contributed by atoms with Crippen molar-refractivity contribution in [2.24, 2.45) is 0 Å². The van der Waals surface area contributed by atoms with Gasteiger partial charge in [-0.15, -0.1) is 0 Å². The monoisotopic (exact) mass is 386 g/mol. The fourth-order valence-corrected chi connectivity index (χ4v) is 3.85. The van der Waals surface area contributed by atoms with E-state index in [1.807, 2.05) is 49.1 Å². The van der Waals surface area contributed by atoms with Gasteiger partial charge < -0.3 is 9.80 Å². The van der Waals surface area contributed by atoms with Gasteiger partial charge in [0.05, 0.1) is 0 Å². The van der Waals surface area contributed by atoms with Crippen LogP contribution in [-0.2, 0) is 13.0 Å². The Morgan fingerprint density at radius 3 is 2.41 bits per heavy atom. The number of anilines is 1. The molecule has 1 aliphatic rings. The molecular weight excluding hydrogens is 360 g/mol. The molecule has 0 fully saturated rings. The van der Waals surface area contributed by atoms with Crippen molar-refractivity contribution in [1.82, 2.24) is 14.9 Å². The van der Waals surface area contributed by atoms with Crippen LogP contribution in [-0.4, -0.2) is 40.4 Å². The first-order valence-corrected chi connectivity index (χ1v) is 10.2. The molecular formula is C24H26N4O. The van der Waals surface area contributed by atoms with Crippen molar-refractivity contribution in [3.63, 3.8) is 0 Å². The van der Waals surface area contributed by atoms with Gasteiger partial charge in [-0.1, -0.05) is 54.6 Å².